The zero-order valence-electron chi connectivity index (χ0n) is 16.5. The third-order valence-electron chi connectivity index (χ3n) is 5.14. The van der Waals surface area contributed by atoms with E-state index in [1.807, 2.05) is 36.4 Å². The number of alkyl halides is 3. The minimum absolute atomic E-state index is 0.0843. The van der Waals surface area contributed by atoms with Gasteiger partial charge >= 0.3 is 0 Å². The Morgan fingerprint density at radius 2 is 1.73 bits per heavy atom. The van der Waals surface area contributed by atoms with Gasteiger partial charge in [0, 0.05) is 24.0 Å². The molecular weight excluding hydrogens is 445 g/mol. The maximum absolute atomic E-state index is 6.12. The van der Waals surface area contributed by atoms with Crippen molar-refractivity contribution in [3.63, 3.8) is 0 Å². The molecule has 1 aliphatic heterocycles. The zero-order valence-corrected chi connectivity index (χ0v) is 18.8. The summed E-state index contributed by atoms with van der Waals surface area (Å²) >= 11 is 18.3. The highest BCUT2D eigenvalue weighted by molar-refractivity contribution is 6.66. The Labute approximate surface area is 190 Å². The number of aromatic nitrogens is 3. The van der Waals surface area contributed by atoms with Gasteiger partial charge in [-0.2, -0.15) is 9.97 Å². The summed E-state index contributed by atoms with van der Waals surface area (Å²) < 4.78 is 3.73. The van der Waals surface area contributed by atoms with Crippen molar-refractivity contribution in [1.82, 2.24) is 19.9 Å². The number of likely N-dealkylation sites (tertiary alicyclic amines) is 1. The van der Waals surface area contributed by atoms with Crippen LogP contribution in [0.3, 0.4) is 0 Å². The summed E-state index contributed by atoms with van der Waals surface area (Å²) in [6.45, 7) is 3.87. The highest BCUT2D eigenvalue weighted by atomic mass is 35.6. The van der Waals surface area contributed by atoms with E-state index in [9.17, 15) is 0 Å². The number of hydrogen-bond donors (Lipinski definition) is 1. The normalized spacial score (nSPS) is 14.9. The van der Waals surface area contributed by atoms with Crippen molar-refractivity contribution in [2.75, 3.05) is 38.6 Å². The summed E-state index contributed by atoms with van der Waals surface area (Å²) in [5.41, 5.74) is 0.812. The van der Waals surface area contributed by atoms with Crippen LogP contribution in [-0.4, -0.2) is 53.1 Å². The molecule has 0 bridgehead atoms. The first-order valence-corrected chi connectivity index (χ1v) is 10.9. The van der Waals surface area contributed by atoms with Gasteiger partial charge in [0.1, 0.15) is 5.75 Å². The van der Waals surface area contributed by atoms with Crippen molar-refractivity contribution < 1.29 is 4.74 Å². The predicted molar refractivity (Wildman–Crippen MR) is 123 cm³/mol. The maximum Gasteiger partial charge on any atom is 0.250 e. The largest absolute Gasteiger partial charge is 0.496 e. The third-order valence-corrected chi connectivity index (χ3v) is 5.65. The van der Waals surface area contributed by atoms with Crippen molar-refractivity contribution in [2.45, 2.75) is 16.6 Å². The molecule has 0 atom stereocenters. The number of fused-ring (bicyclic) bond motifs is 1. The molecule has 0 unspecified atom stereocenters. The summed E-state index contributed by atoms with van der Waals surface area (Å²) in [7, 11) is 1.65. The number of nitrogens with one attached hydrogen (secondary N) is 1. The van der Waals surface area contributed by atoms with Crippen molar-refractivity contribution in [1.29, 1.82) is 0 Å². The summed E-state index contributed by atoms with van der Waals surface area (Å²) in [5.74, 6) is 1.68. The fourth-order valence-corrected chi connectivity index (χ4v) is 3.93. The number of ether oxygens (including phenoxy) is 1. The van der Waals surface area contributed by atoms with E-state index in [2.05, 4.69) is 25.2 Å². The van der Waals surface area contributed by atoms with Gasteiger partial charge in [0.15, 0.2) is 11.6 Å². The van der Waals surface area contributed by atoms with Crippen molar-refractivity contribution in [3.8, 4) is 17.1 Å². The molecule has 1 saturated heterocycles. The lowest BCUT2D eigenvalue weighted by Crippen LogP contribution is -2.26. The molecule has 0 spiro atoms. The van der Waals surface area contributed by atoms with Gasteiger partial charge in [-0.15, -0.1) is 0 Å². The number of halogens is 3. The average Bonchev–Trinajstić information content (AvgIpc) is 3.25. The molecule has 30 heavy (non-hydrogen) atoms. The number of hydrogen-bond acceptors (Lipinski definition) is 6. The maximum atomic E-state index is 6.12. The van der Waals surface area contributed by atoms with Crippen LogP contribution in [0.4, 0.5) is 5.95 Å². The molecular formula is C21H22Cl3N5O. The van der Waals surface area contributed by atoms with Gasteiger partial charge in [0.05, 0.1) is 7.11 Å². The van der Waals surface area contributed by atoms with Crippen LogP contribution in [0.25, 0.3) is 22.2 Å². The Balaban J connectivity index is 1.71. The molecule has 0 aliphatic carbocycles. The van der Waals surface area contributed by atoms with E-state index in [1.54, 1.807) is 7.11 Å². The van der Waals surface area contributed by atoms with Crippen LogP contribution in [0.5, 0.6) is 5.75 Å². The first-order chi connectivity index (χ1) is 14.5. The van der Waals surface area contributed by atoms with Crippen LogP contribution in [-0.2, 0) is 3.79 Å². The van der Waals surface area contributed by atoms with Crippen LogP contribution in [0.1, 0.15) is 18.7 Å². The number of nitrogens with zero attached hydrogens (tertiary/aromatic N) is 4. The summed E-state index contributed by atoms with van der Waals surface area (Å²) in [6, 6.07) is 11.7. The topological polar surface area (TPSA) is 63.2 Å². The lowest BCUT2D eigenvalue weighted by molar-refractivity contribution is 0.352. The minimum Gasteiger partial charge on any atom is -0.496 e. The molecule has 1 fully saturated rings. The quantitative estimate of drug-likeness (QED) is 0.514. The van der Waals surface area contributed by atoms with Crippen LogP contribution < -0.4 is 10.1 Å². The van der Waals surface area contributed by atoms with Gasteiger partial charge in [0.2, 0.25) is 9.74 Å². The fraction of sp³-hybridized carbons (Fsp3) is 0.381. The highest BCUT2D eigenvalue weighted by Gasteiger charge is 2.29. The van der Waals surface area contributed by atoms with E-state index in [0.717, 1.165) is 41.7 Å². The average molecular weight is 467 g/mol. The number of rotatable bonds is 6. The predicted octanol–water partition coefficient (Wildman–Crippen LogP) is 5.03. The van der Waals surface area contributed by atoms with Crippen LogP contribution >= 0.6 is 34.8 Å². The zero-order chi connectivity index (χ0) is 21.1. The van der Waals surface area contributed by atoms with Crippen molar-refractivity contribution >= 4 is 51.5 Å². The standard InChI is InChI=1S/C21H22Cl3N5O/c1-30-17-9-8-16(14-6-2-3-7-15(14)17)18-26-19(21(22,23)24)28-20(27-18)25-10-13-29-11-4-5-12-29/h2-3,6-9H,4-5,10-13H2,1H3,(H,25,26,27,28). The summed E-state index contributed by atoms with van der Waals surface area (Å²) in [6.07, 6.45) is 2.50. The Hall–Kier alpha value is -1.86. The third kappa shape index (κ3) is 4.72. The molecule has 4 rings (SSSR count). The number of anilines is 1. The SMILES string of the molecule is COc1ccc(-c2nc(NCCN3CCCC3)nc(C(Cl)(Cl)Cl)n2)c2ccccc12. The molecule has 3 aromatic rings. The molecule has 0 radical (unpaired) electrons. The van der Waals surface area contributed by atoms with Gasteiger partial charge < -0.3 is 15.0 Å². The van der Waals surface area contributed by atoms with E-state index >= 15 is 0 Å². The lowest BCUT2D eigenvalue weighted by Gasteiger charge is -2.17. The van der Waals surface area contributed by atoms with Gasteiger partial charge in [-0.25, -0.2) is 4.98 Å². The molecule has 9 heteroatoms. The summed E-state index contributed by atoms with van der Waals surface area (Å²) in [4.78, 5) is 15.8. The van der Waals surface area contributed by atoms with E-state index in [4.69, 9.17) is 39.5 Å². The minimum atomic E-state index is -1.76. The summed E-state index contributed by atoms with van der Waals surface area (Å²) in [5, 5.41) is 5.16. The Kier molecular flexibility index (Phi) is 6.48. The molecule has 1 aromatic heterocycles. The second kappa shape index (κ2) is 9.10. The second-order valence-corrected chi connectivity index (χ2v) is 9.42. The molecule has 158 valence electrons. The number of methoxy groups -OCH3 is 1. The van der Waals surface area contributed by atoms with E-state index in [0.29, 0.717) is 18.3 Å². The van der Waals surface area contributed by atoms with Crippen LogP contribution in [0, 0.1) is 0 Å². The van der Waals surface area contributed by atoms with Crippen LogP contribution in [0.15, 0.2) is 36.4 Å². The monoisotopic (exact) mass is 465 g/mol. The van der Waals surface area contributed by atoms with Gasteiger partial charge in [-0.1, -0.05) is 59.1 Å². The first kappa shape index (κ1) is 21.4. The molecule has 2 heterocycles. The lowest BCUT2D eigenvalue weighted by atomic mass is 10.0. The van der Waals surface area contributed by atoms with Crippen molar-refractivity contribution in [3.05, 3.63) is 42.2 Å². The van der Waals surface area contributed by atoms with Gasteiger partial charge in [0.25, 0.3) is 0 Å². The smallest absolute Gasteiger partial charge is 0.250 e. The molecule has 2 aromatic carbocycles. The Morgan fingerprint density at radius 3 is 2.43 bits per heavy atom. The number of benzene rings is 2. The Bertz CT molecular complexity index is 1030. The highest BCUT2D eigenvalue weighted by Crippen LogP contribution is 2.38. The Morgan fingerprint density at radius 1 is 1.00 bits per heavy atom. The van der Waals surface area contributed by atoms with E-state index in [1.165, 1.54) is 12.8 Å². The molecule has 6 nitrogen and oxygen atoms in total. The van der Waals surface area contributed by atoms with E-state index in [-0.39, 0.29) is 5.82 Å². The second-order valence-electron chi connectivity index (χ2n) is 7.14. The fourth-order valence-electron chi connectivity index (χ4n) is 3.68. The molecule has 1 aliphatic rings. The van der Waals surface area contributed by atoms with Gasteiger partial charge in [-0.05, 0) is 43.5 Å². The van der Waals surface area contributed by atoms with E-state index < -0.39 is 3.79 Å². The van der Waals surface area contributed by atoms with Crippen LogP contribution in [0.2, 0.25) is 0 Å². The first-order valence-electron chi connectivity index (χ1n) is 9.81. The molecule has 0 saturated carbocycles. The molecule has 1 N–H and O–H groups in total. The van der Waals surface area contributed by atoms with Crippen molar-refractivity contribution in [2.24, 2.45) is 0 Å². The molecule has 0 amide bonds. The van der Waals surface area contributed by atoms with Gasteiger partial charge in [-0.3, -0.25) is 0 Å².